The van der Waals surface area contributed by atoms with Crippen LogP contribution in [0.25, 0.3) is 0 Å². The van der Waals surface area contributed by atoms with Crippen LogP contribution in [0.4, 0.5) is 5.69 Å². The van der Waals surface area contributed by atoms with Gasteiger partial charge >= 0.3 is 0 Å². The van der Waals surface area contributed by atoms with Crippen LogP contribution >= 0.6 is 0 Å². The largest absolute Gasteiger partial charge is 0.502 e. The third-order valence-electron chi connectivity index (χ3n) is 2.38. The molecule has 0 saturated carbocycles. The minimum absolute atomic E-state index is 0.0539. The van der Waals surface area contributed by atoms with Crippen LogP contribution in [-0.2, 0) is 16.1 Å². The standard InChI is InChI=1S/C14H20N2O2/c1-3-18-10-6-9-15-11-13-7-4-5-8-14(13)16-12(2)17/h3-5,7-8,15H,1,6,9-11H2,2H3,(H,16,17). The van der Waals surface area contributed by atoms with E-state index in [0.717, 1.165) is 30.8 Å². The van der Waals surface area contributed by atoms with Crippen molar-refractivity contribution < 1.29 is 9.53 Å². The molecule has 0 aromatic heterocycles. The van der Waals surface area contributed by atoms with Crippen molar-refractivity contribution in [2.75, 3.05) is 18.5 Å². The van der Waals surface area contributed by atoms with Crippen molar-refractivity contribution in [3.8, 4) is 0 Å². The molecule has 0 aliphatic heterocycles. The van der Waals surface area contributed by atoms with Gasteiger partial charge in [-0.1, -0.05) is 24.8 Å². The van der Waals surface area contributed by atoms with E-state index in [1.165, 1.54) is 13.2 Å². The number of benzene rings is 1. The Morgan fingerprint density at radius 3 is 2.94 bits per heavy atom. The van der Waals surface area contributed by atoms with Crippen molar-refractivity contribution in [1.29, 1.82) is 0 Å². The molecule has 0 bridgehead atoms. The summed E-state index contributed by atoms with van der Waals surface area (Å²) in [7, 11) is 0. The second kappa shape index (κ2) is 8.31. The summed E-state index contributed by atoms with van der Waals surface area (Å²) in [6.07, 6.45) is 2.38. The van der Waals surface area contributed by atoms with E-state index in [9.17, 15) is 4.79 Å². The Kier molecular flexibility index (Phi) is 6.58. The summed E-state index contributed by atoms with van der Waals surface area (Å²) in [4.78, 5) is 11.1. The average molecular weight is 248 g/mol. The first kappa shape index (κ1) is 14.3. The molecule has 4 heteroatoms. The summed E-state index contributed by atoms with van der Waals surface area (Å²) in [5.74, 6) is -0.0539. The van der Waals surface area contributed by atoms with Crippen LogP contribution in [-0.4, -0.2) is 19.1 Å². The van der Waals surface area contributed by atoms with Gasteiger partial charge < -0.3 is 15.4 Å². The van der Waals surface area contributed by atoms with E-state index in [2.05, 4.69) is 17.2 Å². The molecule has 18 heavy (non-hydrogen) atoms. The predicted molar refractivity (Wildman–Crippen MR) is 73.2 cm³/mol. The van der Waals surface area contributed by atoms with Gasteiger partial charge in [0, 0.05) is 19.2 Å². The first-order valence-corrected chi connectivity index (χ1v) is 6.02. The molecule has 2 N–H and O–H groups in total. The highest BCUT2D eigenvalue weighted by atomic mass is 16.5. The molecule has 1 aromatic rings. The van der Waals surface area contributed by atoms with E-state index < -0.39 is 0 Å². The van der Waals surface area contributed by atoms with Crippen LogP contribution in [0.5, 0.6) is 0 Å². The van der Waals surface area contributed by atoms with Crippen LogP contribution in [0.2, 0.25) is 0 Å². The molecule has 98 valence electrons. The molecule has 4 nitrogen and oxygen atoms in total. The van der Waals surface area contributed by atoms with Crippen molar-refractivity contribution in [2.45, 2.75) is 19.9 Å². The summed E-state index contributed by atoms with van der Waals surface area (Å²) in [5.41, 5.74) is 1.94. The summed E-state index contributed by atoms with van der Waals surface area (Å²) in [6, 6.07) is 7.77. The Morgan fingerprint density at radius 2 is 2.22 bits per heavy atom. The lowest BCUT2D eigenvalue weighted by molar-refractivity contribution is -0.114. The highest BCUT2D eigenvalue weighted by Crippen LogP contribution is 2.14. The van der Waals surface area contributed by atoms with Gasteiger partial charge in [-0.3, -0.25) is 4.79 Å². The summed E-state index contributed by atoms with van der Waals surface area (Å²) >= 11 is 0. The maximum atomic E-state index is 11.1. The minimum atomic E-state index is -0.0539. The SMILES string of the molecule is C=COCCCNCc1ccccc1NC(C)=O. The van der Waals surface area contributed by atoms with Gasteiger partial charge in [-0.25, -0.2) is 0 Å². The van der Waals surface area contributed by atoms with Crippen LogP contribution in [0.3, 0.4) is 0 Å². The predicted octanol–water partition coefficient (Wildman–Crippen LogP) is 2.28. The van der Waals surface area contributed by atoms with E-state index in [1.54, 1.807) is 0 Å². The highest BCUT2D eigenvalue weighted by Gasteiger charge is 2.02. The Labute approximate surface area is 108 Å². The third-order valence-corrected chi connectivity index (χ3v) is 2.38. The van der Waals surface area contributed by atoms with Crippen molar-refractivity contribution >= 4 is 11.6 Å². The molecule has 0 atom stereocenters. The molecule has 0 unspecified atom stereocenters. The topological polar surface area (TPSA) is 50.4 Å². The quantitative estimate of drug-likeness (QED) is 0.548. The maximum Gasteiger partial charge on any atom is 0.221 e. The zero-order valence-electron chi connectivity index (χ0n) is 10.7. The van der Waals surface area contributed by atoms with Gasteiger partial charge in [0.2, 0.25) is 5.91 Å². The van der Waals surface area contributed by atoms with Gasteiger partial charge in [-0.05, 0) is 24.6 Å². The summed E-state index contributed by atoms with van der Waals surface area (Å²) in [5, 5.41) is 6.13. The number of amides is 1. The number of carbonyl (C=O) groups is 1. The second-order valence-corrected chi connectivity index (χ2v) is 3.91. The fourth-order valence-corrected chi connectivity index (χ4v) is 1.57. The molecule has 0 spiro atoms. The van der Waals surface area contributed by atoms with Gasteiger partial charge in [0.25, 0.3) is 0 Å². The summed E-state index contributed by atoms with van der Waals surface area (Å²) < 4.78 is 5.03. The highest BCUT2D eigenvalue weighted by molar-refractivity contribution is 5.89. The third kappa shape index (κ3) is 5.50. The molecule has 0 aliphatic carbocycles. The smallest absolute Gasteiger partial charge is 0.221 e. The van der Waals surface area contributed by atoms with Gasteiger partial charge in [0.15, 0.2) is 0 Å². The molecule has 1 aromatic carbocycles. The second-order valence-electron chi connectivity index (χ2n) is 3.91. The van der Waals surface area contributed by atoms with Crippen molar-refractivity contribution in [1.82, 2.24) is 5.32 Å². The molecule has 1 amide bonds. The summed E-state index contributed by atoms with van der Waals surface area (Å²) in [6.45, 7) is 7.25. The lowest BCUT2D eigenvalue weighted by atomic mass is 10.1. The number of anilines is 1. The Morgan fingerprint density at radius 1 is 1.44 bits per heavy atom. The zero-order valence-corrected chi connectivity index (χ0v) is 10.7. The van der Waals surface area contributed by atoms with Gasteiger partial charge in [0.1, 0.15) is 0 Å². The van der Waals surface area contributed by atoms with Crippen LogP contribution in [0.1, 0.15) is 18.9 Å². The maximum absolute atomic E-state index is 11.1. The molecule has 0 saturated heterocycles. The van der Waals surface area contributed by atoms with Crippen LogP contribution in [0, 0.1) is 0 Å². The molecule has 0 radical (unpaired) electrons. The molecule has 0 fully saturated rings. The van der Waals surface area contributed by atoms with E-state index in [-0.39, 0.29) is 5.91 Å². The van der Waals surface area contributed by atoms with Crippen molar-refractivity contribution in [2.24, 2.45) is 0 Å². The molecule has 0 heterocycles. The normalized spacial score (nSPS) is 9.83. The Balaban J connectivity index is 2.36. The fourth-order valence-electron chi connectivity index (χ4n) is 1.57. The number of para-hydroxylation sites is 1. The number of rotatable bonds is 8. The average Bonchev–Trinajstić information content (AvgIpc) is 2.35. The number of carbonyl (C=O) groups excluding carboxylic acids is 1. The van der Waals surface area contributed by atoms with Crippen molar-refractivity contribution in [3.05, 3.63) is 42.7 Å². The first-order valence-electron chi connectivity index (χ1n) is 6.02. The zero-order chi connectivity index (χ0) is 13.2. The molecular weight excluding hydrogens is 228 g/mol. The Hall–Kier alpha value is -1.81. The number of nitrogens with one attached hydrogen (secondary N) is 2. The van der Waals surface area contributed by atoms with E-state index in [1.807, 2.05) is 24.3 Å². The van der Waals surface area contributed by atoms with E-state index >= 15 is 0 Å². The van der Waals surface area contributed by atoms with Crippen molar-refractivity contribution in [3.63, 3.8) is 0 Å². The molecule has 0 aliphatic rings. The molecular formula is C14H20N2O2. The van der Waals surface area contributed by atoms with Crippen LogP contribution < -0.4 is 10.6 Å². The minimum Gasteiger partial charge on any atom is -0.502 e. The van der Waals surface area contributed by atoms with Gasteiger partial charge in [-0.2, -0.15) is 0 Å². The van der Waals surface area contributed by atoms with Gasteiger partial charge in [-0.15, -0.1) is 0 Å². The lowest BCUT2D eigenvalue weighted by Crippen LogP contribution is -2.18. The molecule has 1 rings (SSSR count). The number of hydrogen-bond acceptors (Lipinski definition) is 3. The fraction of sp³-hybridized carbons (Fsp3) is 0.357. The number of ether oxygens (including phenoxy) is 1. The monoisotopic (exact) mass is 248 g/mol. The Bertz CT molecular complexity index is 391. The van der Waals surface area contributed by atoms with E-state index in [0.29, 0.717) is 6.61 Å². The van der Waals surface area contributed by atoms with Crippen LogP contribution in [0.15, 0.2) is 37.1 Å². The first-order chi connectivity index (χ1) is 8.74. The van der Waals surface area contributed by atoms with Gasteiger partial charge in [0.05, 0.1) is 12.9 Å². The lowest BCUT2D eigenvalue weighted by Gasteiger charge is -2.10. The number of hydrogen-bond donors (Lipinski definition) is 2. The van der Waals surface area contributed by atoms with E-state index in [4.69, 9.17) is 4.74 Å².